The van der Waals surface area contributed by atoms with E-state index >= 15 is 0 Å². The van der Waals surface area contributed by atoms with Gasteiger partial charge in [0.05, 0.1) is 12.2 Å². The summed E-state index contributed by atoms with van der Waals surface area (Å²) in [5.41, 5.74) is 8.28. The maximum Gasteiger partial charge on any atom is 0.242 e. The summed E-state index contributed by atoms with van der Waals surface area (Å²) in [6.45, 7) is 10.6. The Morgan fingerprint density at radius 2 is 1.95 bits per heavy atom. The number of hydrogen-bond acceptors (Lipinski definition) is 5. The van der Waals surface area contributed by atoms with Crippen LogP contribution >= 0.6 is 0 Å². The highest BCUT2D eigenvalue weighted by molar-refractivity contribution is 5.86. The first-order valence-corrected chi connectivity index (χ1v) is 14.0. The van der Waals surface area contributed by atoms with Crippen LogP contribution in [0.5, 0.6) is 0 Å². The standard InChI is InChI=1S/C19H26N2O2.C11H10N4O.C2H4.2H2/c22-18-9-5-2-6-11-20(18)15-19(23)21-12-10-17(14-21)13-16-7-3-1-4-8-16;1-7-4-8-5-9(2-3-10(8)16-7)15-11(13)14-6-12;1-2;;/h1,3-4,7-8,17H,2,5-6,9-15H2;2-5H,1H3,(H3,13,14,15);1-2H2;2*1H. The molecule has 2 fully saturated rings. The summed E-state index contributed by atoms with van der Waals surface area (Å²) < 4.78 is 5.43. The van der Waals surface area contributed by atoms with E-state index in [9.17, 15) is 9.59 Å². The molecule has 2 aliphatic heterocycles. The first kappa shape index (κ1) is 31.0. The Morgan fingerprint density at radius 1 is 1.17 bits per heavy atom. The zero-order valence-corrected chi connectivity index (χ0v) is 23.8. The number of hydrogen-bond donors (Lipinski definition) is 2. The van der Waals surface area contributed by atoms with E-state index < -0.39 is 0 Å². The van der Waals surface area contributed by atoms with Crippen LogP contribution in [0, 0.1) is 24.3 Å². The van der Waals surface area contributed by atoms with Crippen molar-refractivity contribution >= 4 is 34.4 Å². The predicted molar refractivity (Wildman–Crippen MR) is 166 cm³/mol. The third kappa shape index (κ3) is 9.53. The lowest BCUT2D eigenvalue weighted by atomic mass is 9.99. The Kier molecular flexibility index (Phi) is 12.0. The molecule has 2 amide bonds. The molecule has 0 aliphatic carbocycles. The lowest BCUT2D eigenvalue weighted by Crippen LogP contribution is -2.42. The molecular weight excluding hydrogens is 516 g/mol. The molecule has 1 unspecified atom stereocenters. The number of rotatable bonds is 5. The molecule has 0 radical (unpaired) electrons. The second-order valence-electron chi connectivity index (χ2n) is 10.1. The van der Waals surface area contributed by atoms with Crippen LogP contribution in [-0.4, -0.2) is 53.8 Å². The van der Waals surface area contributed by atoms with Gasteiger partial charge in [0.1, 0.15) is 11.3 Å². The Hall–Kier alpha value is -4.58. The third-order valence-corrected chi connectivity index (χ3v) is 7.06. The average Bonchev–Trinajstić information content (AvgIpc) is 3.53. The summed E-state index contributed by atoms with van der Waals surface area (Å²) in [7, 11) is 0. The van der Waals surface area contributed by atoms with Gasteiger partial charge in [-0.3, -0.25) is 14.9 Å². The molecule has 3 aromatic rings. The molecule has 2 aromatic carbocycles. The number of nitrogens with one attached hydrogen (secondary N) is 1. The molecule has 9 nitrogen and oxygen atoms in total. The van der Waals surface area contributed by atoms with Crippen molar-refractivity contribution < 1.29 is 16.9 Å². The predicted octanol–water partition coefficient (Wildman–Crippen LogP) is 5.53. The van der Waals surface area contributed by atoms with Crippen molar-refractivity contribution in [3.63, 3.8) is 0 Å². The van der Waals surface area contributed by atoms with Crippen LogP contribution in [-0.2, 0) is 16.0 Å². The fourth-order valence-electron chi connectivity index (χ4n) is 5.10. The number of likely N-dealkylation sites (tertiary alicyclic amines) is 2. The van der Waals surface area contributed by atoms with Gasteiger partial charge in [0.25, 0.3) is 0 Å². The Morgan fingerprint density at radius 3 is 2.71 bits per heavy atom. The Balaban J connectivity index is 0.000000409. The fourth-order valence-corrected chi connectivity index (χ4v) is 5.10. The van der Waals surface area contributed by atoms with Crippen LogP contribution in [0.3, 0.4) is 0 Å². The van der Waals surface area contributed by atoms with Crippen molar-refractivity contribution in [3.8, 4) is 6.19 Å². The van der Waals surface area contributed by atoms with E-state index in [1.165, 1.54) is 5.56 Å². The quantitative estimate of drug-likeness (QED) is 0.139. The van der Waals surface area contributed by atoms with E-state index in [4.69, 9.17) is 15.4 Å². The molecular formula is C32H44N6O3. The van der Waals surface area contributed by atoms with Crippen LogP contribution < -0.4 is 11.1 Å². The maximum atomic E-state index is 12.5. The van der Waals surface area contributed by atoms with E-state index in [-0.39, 0.29) is 27.2 Å². The van der Waals surface area contributed by atoms with Crippen molar-refractivity contribution in [1.29, 1.82) is 5.26 Å². The van der Waals surface area contributed by atoms with Crippen LogP contribution in [0.4, 0.5) is 5.69 Å². The third-order valence-electron chi connectivity index (χ3n) is 7.06. The van der Waals surface area contributed by atoms with E-state index in [1.54, 1.807) is 17.2 Å². The number of aliphatic imine (C=N–C) groups is 1. The minimum absolute atomic E-state index is 0. The Labute approximate surface area is 245 Å². The zero-order valence-electron chi connectivity index (χ0n) is 23.8. The van der Waals surface area contributed by atoms with Gasteiger partial charge in [0.2, 0.25) is 17.8 Å². The van der Waals surface area contributed by atoms with Crippen LogP contribution in [0.25, 0.3) is 11.0 Å². The molecule has 0 saturated carbocycles. The number of nitrogens with zero attached hydrogens (tertiary/aromatic N) is 4. The van der Waals surface area contributed by atoms with Gasteiger partial charge in [-0.25, -0.2) is 4.99 Å². The van der Waals surface area contributed by atoms with Gasteiger partial charge in [0, 0.05) is 34.3 Å². The number of aryl methyl sites for hydroxylation is 1. The van der Waals surface area contributed by atoms with Crippen LogP contribution in [0.15, 0.2) is 77.2 Å². The van der Waals surface area contributed by atoms with E-state index in [0.29, 0.717) is 18.0 Å². The average molecular weight is 561 g/mol. The fraction of sp³-hybridized carbons (Fsp3) is 0.375. The first-order chi connectivity index (χ1) is 19.9. The number of carbonyl (C=O) groups is 2. The molecule has 220 valence electrons. The number of guanidine groups is 1. The second-order valence-corrected chi connectivity index (χ2v) is 10.1. The lowest BCUT2D eigenvalue weighted by Gasteiger charge is -2.24. The minimum Gasteiger partial charge on any atom is -0.461 e. The SMILES string of the molecule is C=C.Cc1cc2cc(N=C(N)NC#N)ccc2o1.O=C1CCCCCN1CC(=O)N1CCC(Cc2ccccc2)C1.[HH].[HH]. The number of fused-ring (bicyclic) bond motifs is 1. The molecule has 3 heterocycles. The van der Waals surface area contributed by atoms with Gasteiger partial charge in [-0.1, -0.05) is 36.8 Å². The number of benzene rings is 2. The van der Waals surface area contributed by atoms with Gasteiger partial charge >= 0.3 is 0 Å². The summed E-state index contributed by atoms with van der Waals surface area (Å²) in [6, 6.07) is 17.8. The molecule has 2 aliphatic rings. The van der Waals surface area contributed by atoms with Crippen molar-refractivity contribution in [3.05, 3.63) is 79.1 Å². The van der Waals surface area contributed by atoms with Crippen molar-refractivity contribution in [2.75, 3.05) is 26.2 Å². The maximum absolute atomic E-state index is 12.5. The topological polar surface area (TPSA) is 128 Å². The summed E-state index contributed by atoms with van der Waals surface area (Å²) in [5, 5.41) is 11.6. The lowest BCUT2D eigenvalue weighted by molar-refractivity contribution is -0.139. The van der Waals surface area contributed by atoms with E-state index in [0.717, 1.165) is 68.5 Å². The van der Waals surface area contributed by atoms with E-state index in [2.05, 4.69) is 47.7 Å². The molecule has 41 heavy (non-hydrogen) atoms. The summed E-state index contributed by atoms with van der Waals surface area (Å²) in [5.74, 6) is 1.73. The molecule has 3 N–H and O–H groups in total. The molecule has 1 aromatic heterocycles. The van der Waals surface area contributed by atoms with Gasteiger partial charge < -0.3 is 20.0 Å². The molecule has 2 saturated heterocycles. The van der Waals surface area contributed by atoms with Crippen molar-refractivity contribution in [2.45, 2.75) is 45.4 Å². The summed E-state index contributed by atoms with van der Waals surface area (Å²) in [6.07, 6.45) is 7.49. The largest absolute Gasteiger partial charge is 0.461 e. The number of amides is 2. The van der Waals surface area contributed by atoms with Crippen LogP contribution in [0.2, 0.25) is 0 Å². The van der Waals surface area contributed by atoms with Crippen molar-refractivity contribution in [1.82, 2.24) is 15.1 Å². The Bertz CT molecular complexity index is 1370. The minimum atomic E-state index is 0. The smallest absolute Gasteiger partial charge is 0.242 e. The zero-order chi connectivity index (χ0) is 29.6. The van der Waals surface area contributed by atoms with Crippen molar-refractivity contribution in [2.24, 2.45) is 16.6 Å². The molecule has 0 bridgehead atoms. The number of furan rings is 1. The first-order valence-electron chi connectivity index (χ1n) is 14.0. The summed E-state index contributed by atoms with van der Waals surface area (Å²) in [4.78, 5) is 32.3. The number of carbonyl (C=O) groups excluding carboxylic acids is 2. The van der Waals surface area contributed by atoms with Gasteiger partial charge in [-0.15, -0.1) is 13.2 Å². The molecule has 5 rings (SSSR count). The monoisotopic (exact) mass is 560 g/mol. The van der Waals surface area contributed by atoms with E-state index in [1.807, 2.05) is 36.1 Å². The number of nitrogens with two attached hydrogens (primary N) is 1. The second kappa shape index (κ2) is 15.9. The normalized spacial score (nSPS) is 17.0. The summed E-state index contributed by atoms with van der Waals surface area (Å²) >= 11 is 0. The van der Waals surface area contributed by atoms with Crippen LogP contribution in [0.1, 0.15) is 46.3 Å². The van der Waals surface area contributed by atoms with Gasteiger partial charge in [0.15, 0.2) is 6.19 Å². The highest BCUT2D eigenvalue weighted by atomic mass is 16.3. The highest BCUT2D eigenvalue weighted by Crippen LogP contribution is 2.24. The van der Waals surface area contributed by atoms with Gasteiger partial charge in [-0.05, 0) is 68.4 Å². The molecule has 0 spiro atoms. The highest BCUT2D eigenvalue weighted by Gasteiger charge is 2.28. The number of nitriles is 1. The molecule has 9 heteroatoms. The molecule has 1 atom stereocenters. The van der Waals surface area contributed by atoms with Gasteiger partial charge in [-0.2, -0.15) is 5.26 Å².